The zero-order chi connectivity index (χ0) is 26.6. The zero-order valence-electron chi connectivity index (χ0n) is 17.5. The van der Waals surface area contributed by atoms with E-state index < -0.39 is 72.2 Å². The van der Waals surface area contributed by atoms with Gasteiger partial charge in [0.2, 0.25) is 5.91 Å². The average molecular weight is 522 g/mol. The molecule has 1 heterocycles. The van der Waals surface area contributed by atoms with Crippen molar-refractivity contribution in [2.45, 2.75) is 25.0 Å². The van der Waals surface area contributed by atoms with Crippen molar-refractivity contribution in [2.75, 3.05) is 43.1 Å². The maximum absolute atomic E-state index is 12.9. The SMILES string of the molecule is NC(=O)[C@@H](C(=O)Nc1ccc(N2CCOCC2=O)cc1OC(F)F)N(CC(F)(F)F)CC(F)(F)F. The van der Waals surface area contributed by atoms with Crippen LogP contribution in [0.25, 0.3) is 0 Å². The van der Waals surface area contributed by atoms with Crippen LogP contribution in [0, 0.1) is 0 Å². The lowest BCUT2D eigenvalue weighted by Gasteiger charge is -2.30. The van der Waals surface area contributed by atoms with Crippen LogP contribution in [0.3, 0.4) is 0 Å². The Morgan fingerprint density at radius 1 is 1.14 bits per heavy atom. The predicted molar refractivity (Wildman–Crippen MR) is 102 cm³/mol. The lowest BCUT2D eigenvalue weighted by Crippen LogP contribution is -2.56. The van der Waals surface area contributed by atoms with Gasteiger partial charge < -0.3 is 25.4 Å². The summed E-state index contributed by atoms with van der Waals surface area (Å²) in [6.45, 7) is -8.29. The number of rotatable bonds is 9. The number of halogens is 8. The Kier molecular flexibility index (Phi) is 8.83. The molecule has 3 N–H and O–H groups in total. The van der Waals surface area contributed by atoms with Crippen LogP contribution in [0.15, 0.2) is 18.2 Å². The molecule has 1 aliphatic heterocycles. The van der Waals surface area contributed by atoms with Crippen LogP contribution in [0.2, 0.25) is 0 Å². The van der Waals surface area contributed by atoms with Gasteiger partial charge in [0.15, 0.2) is 11.8 Å². The molecule has 1 saturated heterocycles. The van der Waals surface area contributed by atoms with Crippen LogP contribution in [0.1, 0.15) is 0 Å². The van der Waals surface area contributed by atoms with Crippen molar-refractivity contribution in [3.8, 4) is 5.75 Å². The van der Waals surface area contributed by atoms with Gasteiger partial charge in [0, 0.05) is 18.3 Å². The van der Waals surface area contributed by atoms with Crippen LogP contribution in [0.4, 0.5) is 46.5 Å². The molecule has 1 atom stereocenters. The van der Waals surface area contributed by atoms with Gasteiger partial charge in [-0.05, 0) is 12.1 Å². The number of hydrogen-bond acceptors (Lipinski definition) is 6. The standard InChI is InChI=1S/C18H18F8N4O5/c19-16(20)35-11-5-9(30-3-4-34-6-12(30)31)1-2-10(11)28-15(33)13(14(27)32)29(7-17(21,22)23)8-18(24,25)26/h1-2,5,13,16H,3-4,6-8H2,(H2,27,32)(H,28,33)/t13-/m0/s1. The molecule has 1 aliphatic rings. The minimum Gasteiger partial charge on any atom is -0.433 e. The molecule has 3 amide bonds. The Balaban J connectivity index is 2.38. The number of carbonyl (C=O) groups is 3. The van der Waals surface area contributed by atoms with Crippen molar-refractivity contribution in [3.05, 3.63) is 18.2 Å². The van der Waals surface area contributed by atoms with Gasteiger partial charge in [-0.15, -0.1) is 0 Å². The van der Waals surface area contributed by atoms with E-state index in [0.717, 1.165) is 23.1 Å². The second-order valence-corrected chi connectivity index (χ2v) is 7.09. The van der Waals surface area contributed by atoms with E-state index in [1.165, 1.54) is 0 Å². The van der Waals surface area contributed by atoms with E-state index in [4.69, 9.17) is 10.5 Å². The first kappa shape index (κ1) is 28.0. The largest absolute Gasteiger partial charge is 0.433 e. The first-order valence-corrected chi connectivity index (χ1v) is 9.52. The van der Waals surface area contributed by atoms with E-state index in [1.54, 1.807) is 5.32 Å². The number of morpholine rings is 1. The fraction of sp³-hybridized carbons (Fsp3) is 0.500. The lowest BCUT2D eigenvalue weighted by molar-refractivity contribution is -0.187. The maximum atomic E-state index is 12.9. The number of nitrogens with one attached hydrogen (secondary N) is 1. The highest BCUT2D eigenvalue weighted by Crippen LogP contribution is 2.33. The average Bonchev–Trinajstić information content (AvgIpc) is 2.66. The molecule has 9 nitrogen and oxygen atoms in total. The summed E-state index contributed by atoms with van der Waals surface area (Å²) in [7, 11) is 0. The number of benzene rings is 1. The normalized spacial score (nSPS) is 15.9. The molecule has 2 rings (SSSR count). The summed E-state index contributed by atoms with van der Waals surface area (Å²) in [5, 5.41) is 1.79. The summed E-state index contributed by atoms with van der Waals surface area (Å²) in [5.41, 5.74) is 4.29. The molecule has 0 spiro atoms. The monoisotopic (exact) mass is 522 g/mol. The van der Waals surface area contributed by atoms with E-state index in [1.807, 2.05) is 0 Å². The summed E-state index contributed by atoms with van der Waals surface area (Å²) in [6.07, 6.45) is -10.5. The highest BCUT2D eigenvalue weighted by atomic mass is 19.4. The Bertz CT molecular complexity index is 924. The third-order valence-corrected chi connectivity index (χ3v) is 4.38. The molecule has 0 unspecified atom stereocenters. The van der Waals surface area contributed by atoms with E-state index in [0.29, 0.717) is 0 Å². The van der Waals surface area contributed by atoms with Gasteiger partial charge in [-0.25, -0.2) is 0 Å². The quantitative estimate of drug-likeness (QED) is 0.378. The van der Waals surface area contributed by atoms with Gasteiger partial charge >= 0.3 is 19.0 Å². The molecule has 17 heteroatoms. The summed E-state index contributed by atoms with van der Waals surface area (Å²) in [5.74, 6) is -4.95. The van der Waals surface area contributed by atoms with E-state index >= 15 is 0 Å². The second kappa shape index (κ2) is 11.0. The van der Waals surface area contributed by atoms with Gasteiger partial charge in [-0.1, -0.05) is 0 Å². The zero-order valence-corrected chi connectivity index (χ0v) is 17.5. The third kappa shape index (κ3) is 8.50. The molecular weight excluding hydrogens is 504 g/mol. The van der Waals surface area contributed by atoms with Gasteiger partial charge in [-0.2, -0.15) is 35.1 Å². The smallest absolute Gasteiger partial charge is 0.401 e. The third-order valence-electron chi connectivity index (χ3n) is 4.38. The molecular formula is C18H18F8N4O5. The summed E-state index contributed by atoms with van der Waals surface area (Å²) < 4.78 is 112. The van der Waals surface area contributed by atoms with Crippen molar-refractivity contribution in [1.29, 1.82) is 0 Å². The molecule has 1 aromatic rings. The Labute approximate surface area is 191 Å². The highest BCUT2D eigenvalue weighted by Gasteiger charge is 2.44. The number of amides is 3. The van der Waals surface area contributed by atoms with Crippen LogP contribution >= 0.6 is 0 Å². The second-order valence-electron chi connectivity index (χ2n) is 7.09. The first-order valence-electron chi connectivity index (χ1n) is 9.52. The molecule has 0 saturated carbocycles. The van der Waals surface area contributed by atoms with Gasteiger partial charge in [-0.3, -0.25) is 19.3 Å². The Morgan fingerprint density at radius 3 is 2.23 bits per heavy atom. The minimum atomic E-state index is -5.25. The number of anilines is 2. The van der Waals surface area contributed by atoms with Gasteiger partial charge in [0.05, 0.1) is 25.4 Å². The van der Waals surface area contributed by atoms with Gasteiger partial charge in [0.25, 0.3) is 11.8 Å². The number of hydrogen-bond donors (Lipinski definition) is 2. The van der Waals surface area contributed by atoms with Crippen molar-refractivity contribution in [2.24, 2.45) is 5.73 Å². The van der Waals surface area contributed by atoms with Crippen LogP contribution in [-0.4, -0.2) is 80.5 Å². The fourth-order valence-electron chi connectivity index (χ4n) is 3.14. The van der Waals surface area contributed by atoms with Crippen molar-refractivity contribution < 1.29 is 59.0 Å². The Hall–Kier alpha value is -3.21. The molecule has 0 radical (unpaired) electrons. The van der Waals surface area contributed by atoms with Crippen molar-refractivity contribution >= 4 is 29.1 Å². The number of ether oxygens (including phenoxy) is 2. The number of alkyl halides is 8. The first-order chi connectivity index (χ1) is 16.1. The summed E-state index contributed by atoms with van der Waals surface area (Å²) in [4.78, 5) is 36.8. The molecule has 1 fully saturated rings. The van der Waals surface area contributed by atoms with Gasteiger partial charge in [0.1, 0.15) is 6.61 Å². The number of primary amides is 1. The lowest BCUT2D eigenvalue weighted by atomic mass is 10.1. The predicted octanol–water partition coefficient (Wildman–Crippen LogP) is 1.87. The maximum Gasteiger partial charge on any atom is 0.401 e. The minimum absolute atomic E-state index is 0.0224. The molecule has 1 aromatic carbocycles. The number of carbonyl (C=O) groups excluding carboxylic acids is 3. The molecule has 35 heavy (non-hydrogen) atoms. The van der Waals surface area contributed by atoms with E-state index in [-0.39, 0.29) is 25.4 Å². The van der Waals surface area contributed by atoms with Crippen molar-refractivity contribution in [3.63, 3.8) is 0 Å². The summed E-state index contributed by atoms with van der Waals surface area (Å²) in [6, 6.07) is 0.148. The number of nitrogens with two attached hydrogens (primary N) is 1. The van der Waals surface area contributed by atoms with Crippen LogP contribution < -0.4 is 20.7 Å². The molecule has 0 bridgehead atoms. The summed E-state index contributed by atoms with van der Waals surface area (Å²) >= 11 is 0. The van der Waals surface area contributed by atoms with Crippen molar-refractivity contribution in [1.82, 2.24) is 4.90 Å². The van der Waals surface area contributed by atoms with Crippen LogP contribution in [0.5, 0.6) is 5.75 Å². The van der Waals surface area contributed by atoms with Crippen LogP contribution in [-0.2, 0) is 19.1 Å². The molecule has 196 valence electrons. The fourth-order valence-corrected chi connectivity index (χ4v) is 3.14. The number of nitrogens with zero attached hydrogens (tertiary/aromatic N) is 2. The molecule has 0 aliphatic carbocycles. The highest BCUT2D eigenvalue weighted by molar-refractivity contribution is 6.10. The topological polar surface area (TPSA) is 114 Å². The van der Waals surface area contributed by atoms with E-state index in [2.05, 4.69) is 4.74 Å². The van der Waals surface area contributed by atoms with E-state index in [9.17, 15) is 49.5 Å². The molecule has 0 aromatic heterocycles. The Morgan fingerprint density at radius 2 is 1.74 bits per heavy atom.